The Kier molecular flexibility index (Phi) is 10.4. The number of piperidine rings is 2. The minimum absolute atomic E-state index is 0. The van der Waals surface area contributed by atoms with Gasteiger partial charge in [0.1, 0.15) is 0 Å². The number of hydrogen-bond donors (Lipinski definition) is 2. The zero-order valence-electron chi connectivity index (χ0n) is 17.2. The summed E-state index contributed by atoms with van der Waals surface area (Å²) in [6.07, 6.45) is 2.86. The van der Waals surface area contributed by atoms with Crippen LogP contribution in [-0.2, 0) is 10.0 Å². The van der Waals surface area contributed by atoms with E-state index in [1.54, 1.807) is 7.05 Å². The molecule has 0 radical (unpaired) electrons. The zero-order chi connectivity index (χ0) is 20.9. The van der Waals surface area contributed by atoms with Crippen LogP contribution in [0.25, 0.3) is 0 Å². The molecule has 0 bridgehead atoms. The van der Waals surface area contributed by atoms with Crippen LogP contribution in [0.5, 0.6) is 0 Å². The van der Waals surface area contributed by atoms with E-state index in [1.165, 1.54) is 0 Å². The largest absolute Gasteiger partial charge is 0.511 e. The monoisotopic (exact) mass is 555 g/mol. The first-order valence-corrected chi connectivity index (χ1v) is 11.3. The van der Waals surface area contributed by atoms with Crippen molar-refractivity contribution < 1.29 is 21.6 Å². The van der Waals surface area contributed by atoms with Crippen molar-refractivity contribution in [1.82, 2.24) is 19.8 Å². The number of rotatable bonds is 5. The van der Waals surface area contributed by atoms with E-state index in [-0.39, 0.29) is 43.0 Å². The number of alkyl halides is 3. The normalized spacial score (nSPS) is 21.8. The summed E-state index contributed by atoms with van der Waals surface area (Å²) in [6.45, 7) is 6.82. The molecule has 29 heavy (non-hydrogen) atoms. The fourth-order valence-corrected chi connectivity index (χ4v) is 4.67. The summed E-state index contributed by atoms with van der Waals surface area (Å²) in [5, 5.41) is 6.65. The number of hydrogen-bond acceptors (Lipinski definition) is 4. The van der Waals surface area contributed by atoms with Crippen molar-refractivity contribution in [2.24, 2.45) is 10.9 Å². The molecule has 0 amide bonds. The van der Waals surface area contributed by atoms with Crippen LogP contribution in [0, 0.1) is 5.92 Å². The maximum absolute atomic E-state index is 12.6. The highest BCUT2D eigenvalue weighted by atomic mass is 127. The van der Waals surface area contributed by atoms with Crippen molar-refractivity contribution in [2.75, 3.05) is 39.8 Å². The summed E-state index contributed by atoms with van der Waals surface area (Å²) in [6, 6.07) is 0.894. The molecule has 0 aromatic carbocycles. The van der Waals surface area contributed by atoms with Crippen molar-refractivity contribution in [1.29, 1.82) is 0 Å². The molecule has 0 unspecified atom stereocenters. The van der Waals surface area contributed by atoms with Gasteiger partial charge in [-0.15, -0.1) is 24.0 Å². The van der Waals surface area contributed by atoms with Gasteiger partial charge in [0.2, 0.25) is 0 Å². The van der Waals surface area contributed by atoms with E-state index in [0.717, 1.165) is 25.9 Å². The van der Waals surface area contributed by atoms with Crippen LogP contribution in [-0.4, -0.2) is 80.9 Å². The number of likely N-dealkylation sites (tertiary alicyclic amines) is 1. The van der Waals surface area contributed by atoms with Gasteiger partial charge in [-0.25, -0.2) is 8.42 Å². The van der Waals surface area contributed by atoms with Crippen molar-refractivity contribution in [3.8, 4) is 0 Å². The lowest BCUT2D eigenvalue weighted by Crippen LogP contribution is -2.51. The number of aliphatic imine (C=N–C) groups is 1. The van der Waals surface area contributed by atoms with Gasteiger partial charge in [0, 0.05) is 51.9 Å². The molecule has 2 aliphatic heterocycles. The first-order valence-electron chi connectivity index (χ1n) is 9.82. The molecule has 172 valence electrons. The lowest BCUT2D eigenvalue weighted by atomic mass is 9.98. The van der Waals surface area contributed by atoms with E-state index in [2.05, 4.69) is 34.4 Å². The highest BCUT2D eigenvalue weighted by molar-refractivity contribution is 14.0. The number of nitrogens with one attached hydrogen (secondary N) is 2. The maximum atomic E-state index is 12.6. The molecule has 0 saturated carbocycles. The third-order valence-electron chi connectivity index (χ3n) is 5.59. The van der Waals surface area contributed by atoms with Gasteiger partial charge in [-0.2, -0.15) is 17.5 Å². The molecule has 2 N–H and O–H groups in total. The second kappa shape index (κ2) is 11.3. The van der Waals surface area contributed by atoms with Crippen LogP contribution >= 0.6 is 24.0 Å². The number of guanidine groups is 1. The summed E-state index contributed by atoms with van der Waals surface area (Å²) in [5.74, 6) is 0.800. The predicted molar refractivity (Wildman–Crippen MR) is 119 cm³/mol. The average molecular weight is 555 g/mol. The van der Waals surface area contributed by atoms with E-state index in [1.807, 2.05) is 0 Å². The lowest BCUT2D eigenvalue weighted by molar-refractivity contribution is -0.0496. The summed E-state index contributed by atoms with van der Waals surface area (Å²) in [5.41, 5.74) is -5.23. The van der Waals surface area contributed by atoms with Crippen LogP contribution < -0.4 is 10.6 Å². The molecule has 7 nitrogen and oxygen atoms in total. The minimum atomic E-state index is -5.23. The SMILES string of the molecule is CN=C(NCC1CCN(S(=O)(=O)C(F)(F)F)CC1)NC1CCN(C(C)C)CC1.I. The first kappa shape index (κ1) is 26.7. The Labute approximate surface area is 188 Å². The van der Waals surface area contributed by atoms with Gasteiger partial charge in [0.05, 0.1) is 0 Å². The summed E-state index contributed by atoms with van der Waals surface area (Å²) >= 11 is 0. The van der Waals surface area contributed by atoms with Gasteiger partial charge in [0.25, 0.3) is 0 Å². The number of nitrogens with zero attached hydrogens (tertiary/aromatic N) is 3. The molecule has 0 aliphatic carbocycles. The molecule has 2 saturated heterocycles. The molecule has 2 heterocycles. The van der Waals surface area contributed by atoms with E-state index in [4.69, 9.17) is 0 Å². The molecule has 2 fully saturated rings. The molecule has 0 spiro atoms. The van der Waals surface area contributed by atoms with E-state index in [9.17, 15) is 21.6 Å². The fraction of sp³-hybridized carbons (Fsp3) is 0.941. The topological polar surface area (TPSA) is 77.0 Å². The zero-order valence-corrected chi connectivity index (χ0v) is 20.4. The smallest absolute Gasteiger partial charge is 0.356 e. The highest BCUT2D eigenvalue weighted by Gasteiger charge is 2.50. The molecular weight excluding hydrogens is 522 g/mol. The average Bonchev–Trinajstić information content (AvgIpc) is 2.65. The Morgan fingerprint density at radius 2 is 1.66 bits per heavy atom. The van der Waals surface area contributed by atoms with Crippen LogP contribution in [0.2, 0.25) is 0 Å². The van der Waals surface area contributed by atoms with Gasteiger partial charge >= 0.3 is 15.5 Å². The Morgan fingerprint density at radius 1 is 1.10 bits per heavy atom. The van der Waals surface area contributed by atoms with E-state index in [0.29, 0.717) is 41.7 Å². The minimum Gasteiger partial charge on any atom is -0.356 e. The third kappa shape index (κ3) is 7.39. The molecule has 12 heteroatoms. The van der Waals surface area contributed by atoms with Crippen molar-refractivity contribution >= 4 is 40.0 Å². The Bertz CT molecular complexity index is 629. The second-order valence-corrected chi connectivity index (χ2v) is 9.72. The number of halogens is 4. The van der Waals surface area contributed by atoms with Gasteiger partial charge in [-0.05, 0) is 45.4 Å². The van der Waals surface area contributed by atoms with E-state index >= 15 is 0 Å². The standard InChI is InChI=1S/C17H32F3N5O2S.HI/c1-13(2)24-8-6-15(7-9-24)23-16(21-3)22-12-14-4-10-25(11-5-14)28(26,27)17(18,19)20;/h13-15H,4-12H2,1-3H3,(H2,21,22,23);1H. The molecular formula is C17H33F3IN5O2S. The van der Waals surface area contributed by atoms with Gasteiger partial charge in [0.15, 0.2) is 5.96 Å². The molecule has 2 rings (SSSR count). The highest BCUT2D eigenvalue weighted by Crippen LogP contribution is 2.30. The van der Waals surface area contributed by atoms with Crippen LogP contribution in [0.1, 0.15) is 39.5 Å². The van der Waals surface area contributed by atoms with Gasteiger partial charge < -0.3 is 15.5 Å². The Morgan fingerprint density at radius 3 is 2.10 bits per heavy atom. The Hall–Kier alpha value is -0.340. The molecule has 2 aliphatic rings. The molecule has 0 atom stereocenters. The van der Waals surface area contributed by atoms with Crippen LogP contribution in [0.4, 0.5) is 13.2 Å². The summed E-state index contributed by atoms with van der Waals surface area (Å²) < 4.78 is 61.4. The van der Waals surface area contributed by atoms with Crippen LogP contribution in [0.15, 0.2) is 4.99 Å². The maximum Gasteiger partial charge on any atom is 0.511 e. The Balaban J connectivity index is 0.00000420. The third-order valence-corrected chi connectivity index (χ3v) is 7.22. The number of sulfonamides is 1. The summed E-state index contributed by atoms with van der Waals surface area (Å²) in [7, 11) is -3.52. The van der Waals surface area contributed by atoms with Crippen molar-refractivity contribution in [2.45, 2.75) is 57.1 Å². The van der Waals surface area contributed by atoms with E-state index < -0.39 is 15.5 Å². The quantitative estimate of drug-likeness (QED) is 0.309. The van der Waals surface area contributed by atoms with Crippen molar-refractivity contribution in [3.05, 3.63) is 0 Å². The first-order chi connectivity index (χ1) is 13.0. The fourth-order valence-electron chi connectivity index (χ4n) is 3.69. The molecule has 0 aromatic rings. The second-order valence-electron chi connectivity index (χ2n) is 7.79. The van der Waals surface area contributed by atoms with Crippen molar-refractivity contribution in [3.63, 3.8) is 0 Å². The lowest BCUT2D eigenvalue weighted by Gasteiger charge is -2.35. The summed E-state index contributed by atoms with van der Waals surface area (Å²) in [4.78, 5) is 6.67. The molecule has 0 aromatic heterocycles. The van der Waals surface area contributed by atoms with Gasteiger partial charge in [-0.3, -0.25) is 4.99 Å². The predicted octanol–water partition coefficient (Wildman–Crippen LogP) is 2.20. The van der Waals surface area contributed by atoms with Gasteiger partial charge in [-0.1, -0.05) is 0 Å². The van der Waals surface area contributed by atoms with Crippen LogP contribution in [0.3, 0.4) is 0 Å².